The number of pyridine rings is 1. The summed E-state index contributed by atoms with van der Waals surface area (Å²) in [5.74, 6) is -0.115. The van der Waals surface area contributed by atoms with E-state index in [0.717, 1.165) is 0 Å². The van der Waals surface area contributed by atoms with E-state index in [2.05, 4.69) is 4.98 Å². The second kappa shape index (κ2) is 3.70. The average Bonchev–Trinajstić information content (AvgIpc) is 2.03. The molecule has 1 heterocycles. The van der Waals surface area contributed by atoms with Gasteiger partial charge in [0, 0.05) is 11.8 Å². The number of nitrogen functional groups attached to an aromatic ring is 1. The fourth-order valence-electron chi connectivity index (χ4n) is 0.721. The number of aromatic nitrogens is 1. The van der Waals surface area contributed by atoms with E-state index in [1.165, 1.54) is 12.3 Å². The third kappa shape index (κ3) is 2.72. The molecule has 13 heavy (non-hydrogen) atoms. The first-order valence-electron chi connectivity index (χ1n) is 3.29. The van der Waals surface area contributed by atoms with Gasteiger partial charge in [-0.25, -0.2) is 0 Å². The van der Waals surface area contributed by atoms with Crippen molar-refractivity contribution in [1.82, 2.24) is 4.98 Å². The summed E-state index contributed by atoms with van der Waals surface area (Å²) in [6.45, 7) is 0. The van der Waals surface area contributed by atoms with Gasteiger partial charge in [-0.05, 0) is 6.07 Å². The van der Waals surface area contributed by atoms with Gasteiger partial charge in [0.05, 0.1) is 0 Å². The second-order valence-electron chi connectivity index (χ2n) is 2.34. The molecule has 0 radical (unpaired) electrons. The molecule has 3 N–H and O–H groups in total. The molecule has 6 heteroatoms. The summed E-state index contributed by atoms with van der Waals surface area (Å²) in [5, 5.41) is 7.08. The Hall–Kier alpha value is -0.510. The van der Waals surface area contributed by atoms with Crippen LogP contribution in [0.2, 0.25) is 0 Å². The fourth-order valence-corrected chi connectivity index (χ4v) is 1.06. The first-order chi connectivity index (χ1) is 5.91. The molecule has 0 aromatic carbocycles. The molecule has 0 saturated heterocycles. The Morgan fingerprint density at radius 1 is 1.38 bits per heavy atom. The molecule has 1 aromatic rings. The van der Waals surface area contributed by atoms with Gasteiger partial charge >= 0.3 is 0 Å². The lowest BCUT2D eigenvalue weighted by Gasteiger charge is -2.10. The maximum Gasteiger partial charge on any atom is 0.217 e. The minimum Gasteiger partial charge on any atom is -0.382 e. The first-order valence-corrected chi connectivity index (χ1v) is 4.42. The van der Waals surface area contributed by atoms with Crippen molar-refractivity contribution in [1.29, 1.82) is 5.41 Å². The molecule has 0 aliphatic heterocycles. The summed E-state index contributed by atoms with van der Waals surface area (Å²) in [4.78, 5) is 3.84. The Kier molecular flexibility index (Phi) is 3.01. The first kappa shape index (κ1) is 10.6. The molecule has 3 nitrogen and oxygen atoms in total. The van der Waals surface area contributed by atoms with Gasteiger partial charge in [-0.15, -0.1) is 0 Å². The molecule has 0 aliphatic rings. The zero-order valence-corrected chi connectivity index (χ0v) is 8.66. The summed E-state index contributed by atoms with van der Waals surface area (Å²) in [6.07, 6.45) is 1.38. The van der Waals surface area contributed by atoms with Gasteiger partial charge in [-0.1, -0.05) is 40.9 Å². The predicted octanol–water partition coefficient (Wildman–Crippen LogP) is 2.19. The fraction of sp³-hybridized carbons (Fsp3) is 0.143. The van der Waals surface area contributed by atoms with Crippen molar-refractivity contribution in [3.63, 3.8) is 0 Å². The minimum atomic E-state index is -1.48. The highest BCUT2D eigenvalue weighted by atomic mass is 35.6. The summed E-state index contributed by atoms with van der Waals surface area (Å²) in [5.41, 5.74) is 6.00. The molecular formula is C7H6Cl3N3. The Bertz CT molecular complexity index is 315. The molecule has 1 aromatic heterocycles. The van der Waals surface area contributed by atoms with Gasteiger partial charge in [0.15, 0.2) is 0 Å². The summed E-state index contributed by atoms with van der Waals surface area (Å²) in [6, 6.07) is 3.09. The number of hydrogen-bond donors (Lipinski definition) is 2. The van der Waals surface area contributed by atoms with Crippen LogP contribution in [0.15, 0.2) is 18.3 Å². The van der Waals surface area contributed by atoms with Crippen molar-refractivity contribution >= 4 is 40.6 Å². The van der Waals surface area contributed by atoms with E-state index < -0.39 is 3.79 Å². The lowest BCUT2D eigenvalue weighted by Crippen LogP contribution is -2.13. The molecule has 0 aliphatic carbocycles. The number of rotatable bonds is 1. The van der Waals surface area contributed by atoms with Crippen LogP contribution < -0.4 is 5.73 Å². The van der Waals surface area contributed by atoms with E-state index in [-0.39, 0.29) is 5.84 Å². The quantitative estimate of drug-likeness (QED) is 0.447. The summed E-state index contributed by atoms with van der Waals surface area (Å²) < 4.78 is -1.48. The van der Waals surface area contributed by atoms with Gasteiger partial charge in [0.2, 0.25) is 3.79 Å². The maximum absolute atomic E-state index is 7.08. The lowest BCUT2D eigenvalue weighted by atomic mass is 10.2. The van der Waals surface area contributed by atoms with Crippen LogP contribution in [-0.2, 0) is 3.79 Å². The molecule has 0 unspecified atom stereocenters. The molecular weight excluding hydrogens is 232 g/mol. The molecule has 0 bridgehead atoms. The number of alkyl halides is 3. The van der Waals surface area contributed by atoms with Crippen molar-refractivity contribution < 1.29 is 0 Å². The second-order valence-corrected chi connectivity index (χ2v) is 4.62. The average molecular weight is 239 g/mol. The lowest BCUT2D eigenvalue weighted by molar-refractivity contribution is 1.15. The predicted molar refractivity (Wildman–Crippen MR) is 54.5 cm³/mol. The molecule has 0 saturated carbocycles. The normalized spacial score (nSPS) is 11.3. The van der Waals surface area contributed by atoms with Crippen LogP contribution in [0.25, 0.3) is 0 Å². The molecule has 1 rings (SSSR count). The Balaban J connectivity index is 3.01. The van der Waals surface area contributed by atoms with Crippen LogP contribution in [0.3, 0.4) is 0 Å². The van der Waals surface area contributed by atoms with Crippen molar-refractivity contribution in [2.45, 2.75) is 3.79 Å². The van der Waals surface area contributed by atoms with Crippen molar-refractivity contribution in [2.75, 3.05) is 0 Å². The largest absolute Gasteiger partial charge is 0.382 e. The van der Waals surface area contributed by atoms with E-state index in [1.807, 2.05) is 0 Å². The van der Waals surface area contributed by atoms with Gasteiger partial charge in [0.25, 0.3) is 0 Å². The topological polar surface area (TPSA) is 62.8 Å². The Morgan fingerprint density at radius 3 is 2.31 bits per heavy atom. The minimum absolute atomic E-state index is 0.115. The van der Waals surface area contributed by atoms with Gasteiger partial charge in [-0.3, -0.25) is 10.4 Å². The summed E-state index contributed by atoms with van der Waals surface area (Å²) in [7, 11) is 0. The van der Waals surface area contributed by atoms with E-state index in [1.54, 1.807) is 6.07 Å². The Labute approximate surface area is 90.3 Å². The van der Waals surface area contributed by atoms with Gasteiger partial charge < -0.3 is 5.73 Å². The van der Waals surface area contributed by atoms with Crippen LogP contribution in [-0.4, -0.2) is 10.8 Å². The van der Waals surface area contributed by atoms with Crippen LogP contribution in [0.1, 0.15) is 11.3 Å². The Morgan fingerprint density at radius 2 is 2.00 bits per heavy atom. The number of halogens is 3. The van der Waals surface area contributed by atoms with Gasteiger partial charge in [0.1, 0.15) is 11.5 Å². The number of nitrogens with two attached hydrogens (primary N) is 1. The highest BCUT2D eigenvalue weighted by molar-refractivity contribution is 6.66. The molecule has 0 atom stereocenters. The highest BCUT2D eigenvalue weighted by Gasteiger charge is 2.22. The third-order valence-electron chi connectivity index (χ3n) is 1.37. The van der Waals surface area contributed by atoms with E-state index in [9.17, 15) is 0 Å². The number of nitrogens with zero attached hydrogens (tertiary/aromatic N) is 1. The monoisotopic (exact) mass is 237 g/mol. The maximum atomic E-state index is 7.08. The SMILES string of the molecule is N=C(N)c1ccc(C(Cl)(Cl)Cl)cn1. The standard InChI is InChI=1S/C7H6Cl3N3/c8-7(9,10)4-1-2-5(6(11)12)13-3-4/h1-3H,(H3,11,12). The van der Waals surface area contributed by atoms with E-state index >= 15 is 0 Å². The van der Waals surface area contributed by atoms with E-state index in [0.29, 0.717) is 11.3 Å². The zero-order chi connectivity index (χ0) is 10.1. The third-order valence-corrected chi connectivity index (χ3v) is 2.02. The van der Waals surface area contributed by atoms with Crippen LogP contribution in [0, 0.1) is 5.41 Å². The number of hydrogen-bond acceptors (Lipinski definition) is 2. The molecule has 0 fully saturated rings. The zero-order valence-electron chi connectivity index (χ0n) is 6.39. The van der Waals surface area contributed by atoms with Crippen molar-refractivity contribution in [3.8, 4) is 0 Å². The number of amidine groups is 1. The van der Waals surface area contributed by atoms with Gasteiger partial charge in [-0.2, -0.15) is 0 Å². The summed E-state index contributed by atoms with van der Waals surface area (Å²) >= 11 is 16.8. The highest BCUT2D eigenvalue weighted by Crippen LogP contribution is 2.37. The van der Waals surface area contributed by atoms with Crippen LogP contribution in [0.5, 0.6) is 0 Å². The molecule has 0 amide bonds. The van der Waals surface area contributed by atoms with E-state index in [4.69, 9.17) is 45.9 Å². The number of nitrogens with one attached hydrogen (secondary N) is 1. The smallest absolute Gasteiger partial charge is 0.217 e. The molecule has 0 spiro atoms. The van der Waals surface area contributed by atoms with Crippen LogP contribution >= 0.6 is 34.8 Å². The van der Waals surface area contributed by atoms with Crippen molar-refractivity contribution in [3.05, 3.63) is 29.6 Å². The van der Waals surface area contributed by atoms with Crippen LogP contribution in [0.4, 0.5) is 0 Å². The molecule has 70 valence electrons. The van der Waals surface area contributed by atoms with Crippen molar-refractivity contribution in [2.24, 2.45) is 5.73 Å².